The predicted molar refractivity (Wildman–Crippen MR) is 348 cm³/mol. The summed E-state index contributed by atoms with van der Waals surface area (Å²) in [5.74, 6) is 0.589. The van der Waals surface area contributed by atoms with E-state index in [2.05, 4.69) is 254 Å². The van der Waals surface area contributed by atoms with E-state index < -0.39 is 0 Å². The maximum absolute atomic E-state index is 6.37. The Morgan fingerprint density at radius 1 is 0.438 bits per heavy atom. The number of furan rings is 2. The third-order valence-electron chi connectivity index (χ3n) is 13.9. The molecule has 0 aliphatic heterocycles. The molecule has 398 valence electrons. The molecular formula is C76H71NO3. The van der Waals surface area contributed by atoms with Crippen LogP contribution in [0.2, 0.25) is 0 Å². The van der Waals surface area contributed by atoms with Gasteiger partial charge in [0.1, 0.15) is 28.1 Å². The van der Waals surface area contributed by atoms with Gasteiger partial charge >= 0.3 is 0 Å². The molecule has 11 aromatic rings. The molecular weight excluding hydrogens is 975 g/mol. The molecule has 0 saturated heterocycles. The molecule has 8 aromatic carbocycles. The molecule has 4 heteroatoms. The molecule has 0 fully saturated rings. The number of hydrogen-bond donors (Lipinski definition) is 0. The van der Waals surface area contributed by atoms with Crippen LogP contribution in [0.4, 0.5) is 0 Å². The van der Waals surface area contributed by atoms with Gasteiger partial charge < -0.3 is 18.1 Å². The van der Waals surface area contributed by atoms with Crippen molar-refractivity contribution in [1.82, 2.24) is 4.57 Å². The van der Waals surface area contributed by atoms with E-state index in [1.54, 1.807) is 25.3 Å². The molecule has 0 unspecified atom stereocenters. The van der Waals surface area contributed by atoms with Crippen LogP contribution in [0.5, 0.6) is 0 Å². The molecule has 3 heterocycles. The maximum Gasteiger partial charge on any atom is 0.135 e. The number of benzene rings is 8. The average Bonchev–Trinajstić information content (AvgIpc) is 4.35. The summed E-state index contributed by atoms with van der Waals surface area (Å²) < 4.78 is 19.7. The molecule has 0 spiro atoms. The first-order valence-electron chi connectivity index (χ1n) is 27.2. The fourth-order valence-corrected chi connectivity index (χ4v) is 9.32. The van der Waals surface area contributed by atoms with Crippen molar-refractivity contribution in [2.75, 3.05) is 7.11 Å². The highest BCUT2D eigenvalue weighted by molar-refractivity contribution is 6.11. The van der Waals surface area contributed by atoms with Crippen LogP contribution in [0, 0.1) is 0 Å². The smallest absolute Gasteiger partial charge is 0.135 e. The van der Waals surface area contributed by atoms with Gasteiger partial charge in [0, 0.05) is 38.0 Å². The van der Waals surface area contributed by atoms with E-state index in [0.29, 0.717) is 5.76 Å². The number of rotatable bonds is 14. The largest absolute Gasteiger partial charge is 0.497 e. The molecule has 11 rings (SSSR count). The van der Waals surface area contributed by atoms with Crippen LogP contribution in [0.3, 0.4) is 0 Å². The van der Waals surface area contributed by atoms with E-state index in [4.69, 9.17) is 13.6 Å². The molecule has 0 saturated carbocycles. The highest BCUT2D eigenvalue weighted by Gasteiger charge is 2.16. The first kappa shape index (κ1) is 56.6. The van der Waals surface area contributed by atoms with Gasteiger partial charge in [-0.25, -0.2) is 0 Å². The predicted octanol–water partition coefficient (Wildman–Crippen LogP) is 22.6. The fourth-order valence-electron chi connectivity index (χ4n) is 9.32. The van der Waals surface area contributed by atoms with Crippen molar-refractivity contribution < 1.29 is 13.6 Å². The number of hydrogen-bond acceptors (Lipinski definition) is 3. The van der Waals surface area contributed by atoms with Crippen molar-refractivity contribution in [3.8, 4) is 39.1 Å². The number of para-hydroxylation sites is 3. The molecule has 0 aliphatic rings. The first-order valence-corrected chi connectivity index (χ1v) is 27.2. The molecule has 4 nitrogen and oxygen atoms in total. The second kappa shape index (κ2) is 27.1. The van der Waals surface area contributed by atoms with Gasteiger partial charge in [-0.1, -0.05) is 216 Å². The standard InChI is InChI=1S/C48H29NO2.C13H16O.C9H14.C6H12/c1-4-16-43-37(13-1)38-14-2-5-17-44(38)49(43)36-21-24-48-42(29-36)41-28-35(20-23-47(41)51-48)33-12-8-10-31(26-33)30-9-7-11-32(25-30)34-19-22-46-40(27-34)39-15-3-6-18-45(39)50-46;1-6-7-8-11(2)12(3)9-10-13(4)14-5;1-5-6-7-9(4)8(2)3;1-3-5-6-4-2/h1-29H;6-10H,1-4H2,5H3;5-7H,1H2,2-4H3;5-6H,3-4H2,1-2H3/b;8-7-,10-9-;7-6-;6-5-. The second-order valence-electron chi connectivity index (χ2n) is 19.5. The maximum atomic E-state index is 6.37. The molecule has 0 bridgehead atoms. The molecule has 80 heavy (non-hydrogen) atoms. The highest BCUT2D eigenvalue weighted by atomic mass is 16.5. The number of ether oxygens (including phenoxy) is 1. The lowest BCUT2D eigenvalue weighted by Crippen LogP contribution is -1.93. The summed E-state index contributed by atoms with van der Waals surface area (Å²) in [4.78, 5) is 0. The summed E-state index contributed by atoms with van der Waals surface area (Å²) in [6.07, 6.45) is 21.4. The van der Waals surface area contributed by atoms with Crippen molar-refractivity contribution in [2.24, 2.45) is 0 Å². The van der Waals surface area contributed by atoms with Crippen LogP contribution in [-0.2, 0) is 4.74 Å². The lowest BCUT2D eigenvalue weighted by molar-refractivity contribution is 0.309. The van der Waals surface area contributed by atoms with Crippen molar-refractivity contribution >= 4 is 65.7 Å². The molecule has 0 radical (unpaired) electrons. The topological polar surface area (TPSA) is 40.4 Å². The lowest BCUT2D eigenvalue weighted by atomic mass is 9.95. The Bertz CT molecular complexity index is 4140. The Kier molecular flexibility index (Phi) is 19.2. The van der Waals surface area contributed by atoms with E-state index in [1.807, 2.05) is 36.4 Å². The number of nitrogens with zero attached hydrogens (tertiary/aromatic N) is 1. The van der Waals surface area contributed by atoms with Crippen molar-refractivity contribution in [2.45, 2.75) is 47.5 Å². The zero-order chi connectivity index (χ0) is 56.5. The van der Waals surface area contributed by atoms with Crippen LogP contribution in [-0.4, -0.2) is 11.7 Å². The third-order valence-corrected chi connectivity index (χ3v) is 13.9. The summed E-state index contributed by atoms with van der Waals surface area (Å²) in [7, 11) is 1.57. The van der Waals surface area contributed by atoms with Gasteiger partial charge in [0.05, 0.1) is 18.1 Å². The second-order valence-corrected chi connectivity index (χ2v) is 19.5. The Morgan fingerprint density at radius 3 is 1.36 bits per heavy atom. The van der Waals surface area contributed by atoms with E-state index >= 15 is 0 Å². The summed E-state index contributed by atoms with van der Waals surface area (Å²) in [5.41, 5.74) is 18.5. The Hall–Kier alpha value is -9.64. The lowest BCUT2D eigenvalue weighted by Gasteiger charge is -2.09. The fraction of sp³-hybridized carbons (Fsp3) is 0.105. The van der Waals surface area contributed by atoms with Crippen LogP contribution in [0.25, 0.3) is 105 Å². The number of aromatic nitrogens is 1. The Labute approximate surface area is 472 Å². The minimum atomic E-state index is 0.589. The van der Waals surface area contributed by atoms with Gasteiger partial charge in [-0.3, -0.25) is 0 Å². The SMILES string of the molecule is C=C/C=C\C(=C)C(=C)/C=C\C(=C)OC.C=C/C=C\C(C)=C(C)C.CC/C=C\CC.c1cc(-c2cccc(-c3ccc4oc5ccc(-n6c7ccccc7c7ccccc76)cc5c4c3)c2)cc(-c2ccc3oc4ccccc4c3c2)c1. The van der Waals surface area contributed by atoms with Crippen LogP contribution >= 0.6 is 0 Å². The van der Waals surface area contributed by atoms with Crippen molar-refractivity contribution in [3.63, 3.8) is 0 Å². The van der Waals surface area contributed by atoms with Crippen LogP contribution in [0.15, 0.2) is 306 Å². The van der Waals surface area contributed by atoms with Gasteiger partial charge in [0.25, 0.3) is 0 Å². The van der Waals surface area contributed by atoms with E-state index in [0.717, 1.165) is 66.3 Å². The van der Waals surface area contributed by atoms with Gasteiger partial charge in [-0.2, -0.15) is 0 Å². The molecule has 0 aliphatic carbocycles. The molecule has 0 N–H and O–H groups in total. The first-order chi connectivity index (χ1) is 39.0. The van der Waals surface area contributed by atoms with E-state index in [9.17, 15) is 0 Å². The van der Waals surface area contributed by atoms with Crippen LogP contribution in [0.1, 0.15) is 47.5 Å². The van der Waals surface area contributed by atoms with Gasteiger partial charge in [0.15, 0.2) is 0 Å². The summed E-state index contributed by atoms with van der Waals surface area (Å²) >= 11 is 0. The minimum absolute atomic E-state index is 0.589. The highest BCUT2D eigenvalue weighted by Crippen LogP contribution is 2.39. The van der Waals surface area contributed by atoms with Crippen molar-refractivity contribution in [1.29, 1.82) is 0 Å². The molecule has 3 aromatic heterocycles. The summed E-state index contributed by atoms with van der Waals surface area (Å²) in [5, 5.41) is 7.01. The Morgan fingerprint density at radius 2 is 0.863 bits per heavy atom. The molecule has 0 atom stereocenters. The quantitative estimate of drug-likeness (QED) is 0.0619. The van der Waals surface area contributed by atoms with Crippen LogP contribution < -0.4 is 0 Å². The zero-order valence-corrected chi connectivity index (χ0v) is 47.1. The van der Waals surface area contributed by atoms with Gasteiger partial charge in [-0.15, -0.1) is 0 Å². The normalized spacial score (nSPS) is 11.3. The van der Waals surface area contributed by atoms with Crippen molar-refractivity contribution in [3.05, 3.63) is 298 Å². The monoisotopic (exact) mass is 1050 g/mol. The number of methoxy groups -OCH3 is 1. The van der Waals surface area contributed by atoms with E-state index in [1.165, 1.54) is 73.6 Å². The number of allylic oxidation sites excluding steroid dienone is 14. The summed E-state index contributed by atoms with van der Waals surface area (Å²) in [6, 6.07) is 62.7. The van der Waals surface area contributed by atoms with Gasteiger partial charge in [-0.05, 0) is 157 Å². The van der Waals surface area contributed by atoms with Gasteiger partial charge in [0.2, 0.25) is 0 Å². The zero-order valence-electron chi connectivity index (χ0n) is 47.1. The third kappa shape index (κ3) is 13.4. The Balaban J connectivity index is 0.000000240. The van der Waals surface area contributed by atoms with E-state index in [-0.39, 0.29) is 0 Å². The summed E-state index contributed by atoms with van der Waals surface area (Å²) in [6.45, 7) is 29.1. The average molecular weight is 1050 g/mol. The molecule has 0 amide bonds. The minimum Gasteiger partial charge on any atom is -0.497 e. The number of fused-ring (bicyclic) bond motifs is 9.